The Balaban J connectivity index is 1.61. The van der Waals surface area contributed by atoms with Gasteiger partial charge in [0.1, 0.15) is 5.69 Å². The van der Waals surface area contributed by atoms with Crippen LogP contribution in [0, 0.1) is 20.8 Å². The van der Waals surface area contributed by atoms with Gasteiger partial charge in [-0.3, -0.25) is 10.1 Å². The van der Waals surface area contributed by atoms with E-state index in [9.17, 15) is 9.59 Å². The van der Waals surface area contributed by atoms with Crippen molar-refractivity contribution in [3.05, 3.63) is 70.2 Å². The topological polar surface area (TPSA) is 83.1 Å². The lowest BCUT2D eigenvalue weighted by molar-refractivity contribution is 0.102. The van der Waals surface area contributed by atoms with E-state index in [1.165, 1.54) is 11.3 Å². The van der Waals surface area contributed by atoms with Crippen LogP contribution < -0.4 is 16.0 Å². The van der Waals surface area contributed by atoms with E-state index < -0.39 is 6.03 Å². The van der Waals surface area contributed by atoms with Gasteiger partial charge in [0.05, 0.1) is 0 Å². The van der Waals surface area contributed by atoms with Crippen molar-refractivity contribution in [1.29, 1.82) is 0 Å². The van der Waals surface area contributed by atoms with Crippen LogP contribution in [0.5, 0.6) is 0 Å². The molecule has 2 aromatic carbocycles. The Morgan fingerprint density at radius 1 is 0.889 bits per heavy atom. The second-order valence-corrected chi connectivity index (χ2v) is 7.11. The lowest BCUT2D eigenvalue weighted by Gasteiger charge is -2.08. The summed E-state index contributed by atoms with van der Waals surface area (Å²) in [6.07, 6.45) is 0. The van der Waals surface area contributed by atoms with Crippen molar-refractivity contribution in [2.45, 2.75) is 20.8 Å². The first-order valence-corrected chi connectivity index (χ1v) is 9.27. The molecule has 6 nitrogen and oxygen atoms in total. The SMILES string of the molecule is Cc1ccc(NC(=O)Nc2nc(C(=O)Nc3ccc(C)cc3C)cs2)cc1. The first-order valence-electron chi connectivity index (χ1n) is 8.39. The molecule has 3 amide bonds. The van der Waals surface area contributed by atoms with Crippen molar-refractivity contribution in [2.75, 3.05) is 16.0 Å². The van der Waals surface area contributed by atoms with Gasteiger partial charge in [-0.1, -0.05) is 35.4 Å². The molecule has 1 heterocycles. The monoisotopic (exact) mass is 380 g/mol. The number of thiazole rings is 1. The van der Waals surface area contributed by atoms with Crippen molar-refractivity contribution in [3.8, 4) is 0 Å². The zero-order valence-corrected chi connectivity index (χ0v) is 16.1. The number of urea groups is 1. The van der Waals surface area contributed by atoms with Gasteiger partial charge in [-0.25, -0.2) is 9.78 Å². The number of rotatable bonds is 4. The van der Waals surface area contributed by atoms with Gasteiger partial charge in [0.15, 0.2) is 5.13 Å². The van der Waals surface area contributed by atoms with Crippen molar-refractivity contribution in [2.24, 2.45) is 0 Å². The summed E-state index contributed by atoms with van der Waals surface area (Å²) in [6.45, 7) is 5.91. The van der Waals surface area contributed by atoms with Gasteiger partial charge in [-0.05, 0) is 44.5 Å². The van der Waals surface area contributed by atoms with Crippen molar-refractivity contribution < 1.29 is 9.59 Å². The summed E-state index contributed by atoms with van der Waals surface area (Å²) in [6, 6.07) is 12.9. The summed E-state index contributed by atoms with van der Waals surface area (Å²) in [5, 5.41) is 10.2. The maximum atomic E-state index is 12.4. The molecule has 0 spiro atoms. The minimum atomic E-state index is -0.408. The zero-order valence-electron chi connectivity index (χ0n) is 15.3. The highest BCUT2D eigenvalue weighted by Crippen LogP contribution is 2.20. The third kappa shape index (κ3) is 4.92. The van der Waals surface area contributed by atoms with Crippen LogP contribution in [-0.4, -0.2) is 16.9 Å². The van der Waals surface area contributed by atoms with E-state index in [-0.39, 0.29) is 11.6 Å². The minimum absolute atomic E-state index is 0.255. The molecule has 0 saturated heterocycles. The van der Waals surface area contributed by atoms with Crippen LogP contribution in [0.25, 0.3) is 0 Å². The lowest BCUT2D eigenvalue weighted by Crippen LogP contribution is -2.19. The fourth-order valence-corrected chi connectivity index (χ4v) is 3.16. The van der Waals surface area contributed by atoms with Gasteiger partial charge in [-0.2, -0.15) is 0 Å². The molecule has 0 fully saturated rings. The van der Waals surface area contributed by atoms with Crippen LogP contribution in [0.2, 0.25) is 0 Å². The van der Waals surface area contributed by atoms with Crippen LogP contribution in [0.15, 0.2) is 47.8 Å². The number of carbonyl (C=O) groups excluding carboxylic acids is 2. The number of anilines is 3. The molecular formula is C20H20N4O2S. The van der Waals surface area contributed by atoms with E-state index in [0.29, 0.717) is 10.8 Å². The fourth-order valence-electron chi connectivity index (χ4n) is 2.47. The number of nitrogens with one attached hydrogen (secondary N) is 3. The van der Waals surface area contributed by atoms with E-state index in [2.05, 4.69) is 20.9 Å². The highest BCUT2D eigenvalue weighted by atomic mass is 32.1. The standard InChI is InChI=1S/C20H20N4O2S/c1-12-4-7-15(8-5-12)21-19(26)24-20-23-17(11-27-20)18(25)22-16-9-6-13(2)10-14(16)3/h4-11H,1-3H3,(H,22,25)(H2,21,23,24,26). The highest BCUT2D eigenvalue weighted by Gasteiger charge is 2.13. The molecule has 138 valence electrons. The molecule has 27 heavy (non-hydrogen) atoms. The molecule has 3 rings (SSSR count). The summed E-state index contributed by atoms with van der Waals surface area (Å²) < 4.78 is 0. The van der Waals surface area contributed by atoms with Gasteiger partial charge in [0, 0.05) is 16.8 Å². The Kier molecular flexibility index (Phi) is 5.52. The summed E-state index contributed by atoms with van der Waals surface area (Å²) in [7, 11) is 0. The predicted octanol–water partition coefficient (Wildman–Crippen LogP) is 4.96. The van der Waals surface area contributed by atoms with Gasteiger partial charge in [0.25, 0.3) is 5.91 Å². The first-order chi connectivity index (χ1) is 12.9. The molecule has 0 unspecified atom stereocenters. The van der Waals surface area contributed by atoms with E-state index in [1.54, 1.807) is 5.38 Å². The smallest absolute Gasteiger partial charge is 0.320 e. The fraction of sp³-hybridized carbons (Fsp3) is 0.150. The number of amides is 3. The largest absolute Gasteiger partial charge is 0.325 e. The first kappa shape index (κ1) is 18.6. The number of carbonyl (C=O) groups is 2. The zero-order chi connectivity index (χ0) is 19.4. The molecule has 0 radical (unpaired) electrons. The van der Waals surface area contributed by atoms with Gasteiger partial charge < -0.3 is 10.6 Å². The summed E-state index contributed by atoms with van der Waals surface area (Å²) in [5.74, 6) is -0.315. The summed E-state index contributed by atoms with van der Waals surface area (Å²) in [4.78, 5) is 28.6. The quantitative estimate of drug-likeness (QED) is 0.598. The minimum Gasteiger partial charge on any atom is -0.320 e. The number of nitrogens with zero attached hydrogens (tertiary/aromatic N) is 1. The van der Waals surface area contributed by atoms with E-state index in [1.807, 2.05) is 63.2 Å². The van der Waals surface area contributed by atoms with Crippen LogP contribution in [0.1, 0.15) is 27.2 Å². The molecule has 1 aromatic heterocycles. The van der Waals surface area contributed by atoms with Crippen molar-refractivity contribution in [3.63, 3.8) is 0 Å². The van der Waals surface area contributed by atoms with Crippen molar-refractivity contribution in [1.82, 2.24) is 4.98 Å². The third-order valence-corrected chi connectivity index (χ3v) is 4.65. The van der Waals surface area contributed by atoms with Crippen LogP contribution in [0.3, 0.4) is 0 Å². The molecular weight excluding hydrogens is 360 g/mol. The third-order valence-electron chi connectivity index (χ3n) is 3.90. The van der Waals surface area contributed by atoms with E-state index in [4.69, 9.17) is 0 Å². The van der Waals surface area contributed by atoms with E-state index >= 15 is 0 Å². The molecule has 0 aliphatic carbocycles. The Morgan fingerprint density at radius 3 is 2.30 bits per heavy atom. The van der Waals surface area contributed by atoms with Crippen LogP contribution >= 0.6 is 11.3 Å². The maximum absolute atomic E-state index is 12.4. The van der Waals surface area contributed by atoms with Gasteiger partial charge in [0.2, 0.25) is 0 Å². The highest BCUT2D eigenvalue weighted by molar-refractivity contribution is 7.14. The maximum Gasteiger partial charge on any atom is 0.325 e. The Bertz CT molecular complexity index is 980. The number of aryl methyl sites for hydroxylation is 3. The summed E-state index contributed by atoms with van der Waals surface area (Å²) >= 11 is 1.19. The number of benzene rings is 2. The molecule has 7 heteroatoms. The molecule has 0 atom stereocenters. The van der Waals surface area contributed by atoms with Crippen LogP contribution in [-0.2, 0) is 0 Å². The number of hydrogen-bond donors (Lipinski definition) is 3. The lowest BCUT2D eigenvalue weighted by atomic mass is 10.1. The molecule has 0 saturated carbocycles. The second kappa shape index (κ2) is 8.01. The Morgan fingerprint density at radius 2 is 1.59 bits per heavy atom. The summed E-state index contributed by atoms with van der Waals surface area (Å²) in [5.41, 5.74) is 4.90. The molecule has 0 aliphatic rings. The average Bonchev–Trinajstić information content (AvgIpc) is 3.08. The molecule has 0 aliphatic heterocycles. The molecule has 3 N–H and O–H groups in total. The normalized spacial score (nSPS) is 10.3. The molecule has 3 aromatic rings. The second-order valence-electron chi connectivity index (χ2n) is 6.26. The van der Waals surface area contributed by atoms with Gasteiger partial charge >= 0.3 is 6.03 Å². The average molecular weight is 380 g/mol. The predicted molar refractivity (Wildman–Crippen MR) is 110 cm³/mol. The molecule has 0 bridgehead atoms. The number of aromatic nitrogens is 1. The Hall–Kier alpha value is -3.19. The van der Waals surface area contributed by atoms with Gasteiger partial charge in [-0.15, -0.1) is 11.3 Å². The van der Waals surface area contributed by atoms with Crippen molar-refractivity contribution >= 4 is 39.8 Å². The number of hydrogen-bond acceptors (Lipinski definition) is 4. The van der Waals surface area contributed by atoms with Crippen LogP contribution in [0.4, 0.5) is 21.3 Å². The Labute approximate surface area is 161 Å². The van der Waals surface area contributed by atoms with E-state index in [0.717, 1.165) is 22.4 Å².